The molecule has 0 saturated heterocycles. The van der Waals surface area contributed by atoms with Crippen molar-refractivity contribution in [2.24, 2.45) is 0 Å². The van der Waals surface area contributed by atoms with E-state index in [1.54, 1.807) is 0 Å². The molecule has 0 fully saturated rings. The Morgan fingerprint density at radius 1 is 1.23 bits per heavy atom. The fourth-order valence-corrected chi connectivity index (χ4v) is 1.74. The van der Waals surface area contributed by atoms with Gasteiger partial charge < -0.3 is 4.90 Å². The molecule has 0 unspecified atom stereocenters. The molecule has 0 spiro atoms. The van der Waals surface area contributed by atoms with Gasteiger partial charge in [-0.05, 0) is 25.0 Å². The lowest BCUT2D eigenvalue weighted by Crippen LogP contribution is -2.18. The lowest BCUT2D eigenvalue weighted by atomic mass is 10.2. The fourth-order valence-electron chi connectivity index (χ4n) is 1.74. The van der Waals surface area contributed by atoms with Gasteiger partial charge in [-0.3, -0.25) is 0 Å². The van der Waals surface area contributed by atoms with E-state index in [1.807, 2.05) is 13.8 Å². The first-order chi connectivity index (χ1) is 6.42. The van der Waals surface area contributed by atoms with E-state index < -0.39 is 0 Å². The third-order valence-electron chi connectivity index (χ3n) is 2.37. The smallest absolute Gasteiger partial charge is 0.0399 e. The molecule has 0 aliphatic carbocycles. The van der Waals surface area contributed by atoms with Crippen LogP contribution in [0.1, 0.15) is 26.3 Å². The van der Waals surface area contributed by atoms with E-state index in [0.29, 0.717) is 0 Å². The highest BCUT2D eigenvalue weighted by Gasteiger charge is 2.15. The third-order valence-corrected chi connectivity index (χ3v) is 2.37. The van der Waals surface area contributed by atoms with E-state index in [0.717, 1.165) is 6.54 Å². The molecule has 0 amide bonds. The van der Waals surface area contributed by atoms with Crippen molar-refractivity contribution in [2.45, 2.75) is 27.2 Å². The second-order valence-electron chi connectivity index (χ2n) is 2.96. The summed E-state index contributed by atoms with van der Waals surface area (Å²) < 4.78 is 0. The van der Waals surface area contributed by atoms with Crippen LogP contribution in [0.5, 0.6) is 0 Å². The molecule has 72 valence electrons. The summed E-state index contributed by atoms with van der Waals surface area (Å²) in [6.45, 7) is 8.55. The van der Waals surface area contributed by atoms with Crippen LogP contribution in [0.25, 0.3) is 0 Å². The molecule has 0 aromatic heterocycles. The summed E-state index contributed by atoms with van der Waals surface area (Å²) in [5.74, 6) is 0. The van der Waals surface area contributed by atoms with Crippen molar-refractivity contribution in [3.63, 3.8) is 0 Å². The Morgan fingerprint density at radius 3 is 2.62 bits per heavy atom. The summed E-state index contributed by atoms with van der Waals surface area (Å²) in [5.41, 5.74) is 2.95. The minimum atomic E-state index is 1.14. The average molecular weight is 177 g/mol. The zero-order chi connectivity index (χ0) is 9.68. The Morgan fingerprint density at radius 2 is 1.92 bits per heavy atom. The van der Waals surface area contributed by atoms with E-state index in [-0.39, 0.29) is 0 Å². The number of fused-ring (bicyclic) bond motifs is 1. The molecule has 0 N–H and O–H groups in total. The monoisotopic (exact) mass is 177 g/mol. The number of anilines is 1. The summed E-state index contributed by atoms with van der Waals surface area (Å²) in [7, 11) is 0. The van der Waals surface area contributed by atoms with E-state index in [4.69, 9.17) is 0 Å². The van der Waals surface area contributed by atoms with Gasteiger partial charge in [0.1, 0.15) is 0 Å². The van der Waals surface area contributed by atoms with Crippen LogP contribution in [0.2, 0.25) is 0 Å². The minimum Gasteiger partial charge on any atom is -0.371 e. The second kappa shape index (κ2) is 4.90. The number of nitrogens with zero attached hydrogens (tertiary/aromatic N) is 1. The number of para-hydroxylation sites is 1. The summed E-state index contributed by atoms with van der Waals surface area (Å²) >= 11 is 0. The van der Waals surface area contributed by atoms with Gasteiger partial charge in [0, 0.05) is 18.8 Å². The first-order valence-electron chi connectivity index (χ1n) is 5.24. The molecule has 1 aromatic rings. The molecule has 2 rings (SSSR count). The van der Waals surface area contributed by atoms with Gasteiger partial charge in [0.15, 0.2) is 0 Å². The predicted molar refractivity (Wildman–Crippen MR) is 59.4 cm³/mol. The van der Waals surface area contributed by atoms with Crippen LogP contribution in [0.15, 0.2) is 24.3 Å². The van der Waals surface area contributed by atoms with Gasteiger partial charge in [-0.25, -0.2) is 0 Å². The molecule has 1 aliphatic rings. The molecule has 0 bridgehead atoms. The van der Waals surface area contributed by atoms with Crippen molar-refractivity contribution in [2.75, 3.05) is 18.0 Å². The van der Waals surface area contributed by atoms with Gasteiger partial charge in [-0.2, -0.15) is 0 Å². The number of hydrogen-bond donors (Lipinski definition) is 0. The molecule has 0 saturated carbocycles. The van der Waals surface area contributed by atoms with Gasteiger partial charge in [0.2, 0.25) is 0 Å². The van der Waals surface area contributed by atoms with Crippen molar-refractivity contribution in [3.8, 4) is 0 Å². The van der Waals surface area contributed by atoms with Crippen LogP contribution in [-0.2, 0) is 6.42 Å². The Hall–Kier alpha value is -0.980. The number of likely N-dealkylation sites (N-methyl/N-ethyl adjacent to an activating group) is 1. The van der Waals surface area contributed by atoms with Gasteiger partial charge in [0.05, 0.1) is 0 Å². The molecule has 1 nitrogen and oxygen atoms in total. The molecular weight excluding hydrogens is 158 g/mol. The van der Waals surface area contributed by atoms with Crippen LogP contribution in [0, 0.1) is 0 Å². The highest BCUT2D eigenvalue weighted by Crippen LogP contribution is 2.26. The van der Waals surface area contributed by atoms with Gasteiger partial charge in [-0.1, -0.05) is 32.0 Å². The Labute approximate surface area is 81.4 Å². The lowest BCUT2D eigenvalue weighted by molar-refractivity contribution is 0.868. The quantitative estimate of drug-likeness (QED) is 0.637. The van der Waals surface area contributed by atoms with Crippen molar-refractivity contribution in [3.05, 3.63) is 29.8 Å². The SMILES string of the molecule is CC.CCN1CCc2ccccc21. The maximum atomic E-state index is 2.43. The molecule has 1 heterocycles. The van der Waals surface area contributed by atoms with Crippen molar-refractivity contribution in [1.29, 1.82) is 0 Å². The highest BCUT2D eigenvalue weighted by atomic mass is 15.1. The Kier molecular flexibility index (Phi) is 3.81. The van der Waals surface area contributed by atoms with Crippen molar-refractivity contribution >= 4 is 5.69 Å². The highest BCUT2D eigenvalue weighted by molar-refractivity contribution is 5.57. The molecule has 0 atom stereocenters. The summed E-state index contributed by atoms with van der Waals surface area (Å²) in [6.07, 6.45) is 1.23. The largest absolute Gasteiger partial charge is 0.371 e. The van der Waals surface area contributed by atoms with E-state index in [2.05, 4.69) is 36.1 Å². The molecule has 1 aromatic carbocycles. The minimum absolute atomic E-state index is 1.14. The van der Waals surface area contributed by atoms with E-state index in [9.17, 15) is 0 Å². The predicted octanol–water partition coefficient (Wildman–Crippen LogP) is 3.10. The van der Waals surface area contributed by atoms with Gasteiger partial charge >= 0.3 is 0 Å². The maximum Gasteiger partial charge on any atom is 0.0399 e. The molecule has 13 heavy (non-hydrogen) atoms. The molecule has 0 radical (unpaired) electrons. The Balaban J connectivity index is 0.000000396. The van der Waals surface area contributed by atoms with E-state index in [1.165, 1.54) is 24.2 Å². The molecule has 1 aliphatic heterocycles. The number of rotatable bonds is 1. The van der Waals surface area contributed by atoms with Crippen LogP contribution in [0.4, 0.5) is 5.69 Å². The standard InChI is InChI=1S/C10H13N.C2H6/c1-2-11-8-7-9-5-3-4-6-10(9)11;1-2/h3-6H,2,7-8H2,1H3;1-2H3. The third kappa shape index (κ3) is 2.03. The summed E-state index contributed by atoms with van der Waals surface area (Å²) in [6, 6.07) is 8.68. The first kappa shape index (κ1) is 10.1. The Bertz CT molecular complexity index is 255. The average Bonchev–Trinajstić information content (AvgIpc) is 2.64. The zero-order valence-corrected chi connectivity index (χ0v) is 8.88. The van der Waals surface area contributed by atoms with E-state index >= 15 is 0 Å². The second-order valence-corrected chi connectivity index (χ2v) is 2.96. The summed E-state index contributed by atoms with van der Waals surface area (Å²) in [4.78, 5) is 2.43. The fraction of sp³-hybridized carbons (Fsp3) is 0.500. The van der Waals surface area contributed by atoms with Gasteiger partial charge in [0.25, 0.3) is 0 Å². The topological polar surface area (TPSA) is 3.24 Å². The molecular formula is C12H19N. The van der Waals surface area contributed by atoms with Crippen LogP contribution < -0.4 is 4.90 Å². The number of hydrogen-bond acceptors (Lipinski definition) is 1. The normalized spacial score (nSPS) is 13.3. The first-order valence-corrected chi connectivity index (χ1v) is 5.24. The maximum absolute atomic E-state index is 2.43. The lowest BCUT2D eigenvalue weighted by Gasteiger charge is -2.15. The van der Waals surface area contributed by atoms with Crippen molar-refractivity contribution in [1.82, 2.24) is 0 Å². The van der Waals surface area contributed by atoms with Crippen LogP contribution in [0.3, 0.4) is 0 Å². The van der Waals surface area contributed by atoms with Crippen LogP contribution in [-0.4, -0.2) is 13.1 Å². The van der Waals surface area contributed by atoms with Crippen molar-refractivity contribution < 1.29 is 0 Å². The summed E-state index contributed by atoms with van der Waals surface area (Å²) in [5, 5.41) is 0. The van der Waals surface area contributed by atoms with Crippen LogP contribution >= 0.6 is 0 Å². The number of benzene rings is 1. The zero-order valence-electron chi connectivity index (χ0n) is 8.88. The van der Waals surface area contributed by atoms with Gasteiger partial charge in [-0.15, -0.1) is 0 Å². The molecule has 1 heteroatoms.